The highest BCUT2D eigenvalue weighted by atomic mass is 32.1. The number of para-hydroxylation sites is 1. The normalized spacial score (nSPS) is 18.9. The predicted octanol–water partition coefficient (Wildman–Crippen LogP) is 4.44. The number of nitrogens with zero attached hydrogens (tertiary/aromatic N) is 2. The third-order valence-corrected chi connectivity index (χ3v) is 6.25. The van der Waals surface area contributed by atoms with Gasteiger partial charge in [-0.3, -0.25) is 4.79 Å². The number of benzene rings is 2. The molecule has 1 aromatic heterocycles. The molecule has 3 heterocycles. The molecule has 2 aromatic carbocycles. The van der Waals surface area contributed by atoms with E-state index in [1.54, 1.807) is 17.4 Å². The summed E-state index contributed by atoms with van der Waals surface area (Å²) in [4.78, 5) is 19.6. The van der Waals surface area contributed by atoms with Gasteiger partial charge >= 0.3 is 0 Å². The molecule has 0 N–H and O–H groups in total. The third-order valence-electron chi connectivity index (χ3n) is 5.12. The zero-order valence-electron chi connectivity index (χ0n) is 15.3. The van der Waals surface area contributed by atoms with Crippen molar-refractivity contribution in [2.45, 2.75) is 18.9 Å². The molecule has 0 spiro atoms. The van der Waals surface area contributed by atoms with Gasteiger partial charge in [0, 0.05) is 12.6 Å². The van der Waals surface area contributed by atoms with Gasteiger partial charge in [0.05, 0.1) is 16.3 Å². The van der Waals surface area contributed by atoms with Crippen LogP contribution in [-0.2, 0) is 4.79 Å². The van der Waals surface area contributed by atoms with Crippen molar-refractivity contribution in [3.63, 3.8) is 0 Å². The maximum atomic E-state index is 12.9. The fourth-order valence-electron chi connectivity index (χ4n) is 3.75. The van der Waals surface area contributed by atoms with Crippen molar-refractivity contribution in [3.05, 3.63) is 59.1 Å². The second-order valence-electron chi connectivity index (χ2n) is 6.95. The Balaban J connectivity index is 1.34. The third kappa shape index (κ3) is 3.24. The van der Waals surface area contributed by atoms with Crippen molar-refractivity contribution in [3.8, 4) is 11.5 Å². The Labute approximate surface area is 167 Å². The maximum Gasteiger partial charge on any atom is 0.247 e. The van der Waals surface area contributed by atoms with Crippen molar-refractivity contribution in [1.29, 1.82) is 0 Å². The minimum Gasteiger partial charge on any atom is -0.486 e. The fourth-order valence-corrected chi connectivity index (χ4v) is 4.86. The lowest BCUT2D eigenvalue weighted by Gasteiger charge is -2.21. The number of hydrogen-bond acceptors (Lipinski definition) is 5. The molecule has 2 aliphatic rings. The predicted molar refractivity (Wildman–Crippen MR) is 110 cm³/mol. The highest BCUT2D eigenvalue weighted by Crippen LogP contribution is 2.37. The standard InChI is InChI=1S/C22H20N2O3S/c25-21(10-8-15-7-9-18-19(14-15)27-13-12-26-18)24-11-3-5-17(24)22-23-16-4-1-2-6-20(16)28-22/h1-2,4,6-10,14,17H,3,5,11-13H2/b10-8+/t17-/m0/s1. The van der Waals surface area contributed by atoms with Gasteiger partial charge in [-0.25, -0.2) is 4.98 Å². The van der Waals surface area contributed by atoms with Crippen molar-refractivity contribution in [1.82, 2.24) is 9.88 Å². The van der Waals surface area contributed by atoms with Gasteiger partial charge in [0.25, 0.3) is 0 Å². The molecule has 1 saturated heterocycles. The number of likely N-dealkylation sites (tertiary alicyclic amines) is 1. The molecule has 5 rings (SSSR count). The van der Waals surface area contributed by atoms with Crippen LogP contribution >= 0.6 is 11.3 Å². The lowest BCUT2D eigenvalue weighted by molar-refractivity contribution is -0.126. The molecule has 1 amide bonds. The molecule has 0 bridgehead atoms. The van der Waals surface area contributed by atoms with Crippen LogP contribution in [0.1, 0.15) is 29.5 Å². The van der Waals surface area contributed by atoms with E-state index in [-0.39, 0.29) is 11.9 Å². The molecule has 0 unspecified atom stereocenters. The van der Waals surface area contributed by atoms with Crippen molar-refractivity contribution >= 4 is 33.5 Å². The number of hydrogen-bond donors (Lipinski definition) is 0. The Morgan fingerprint density at radius 3 is 2.89 bits per heavy atom. The second kappa shape index (κ2) is 7.28. The summed E-state index contributed by atoms with van der Waals surface area (Å²) in [5.74, 6) is 1.51. The largest absolute Gasteiger partial charge is 0.486 e. The van der Waals surface area contributed by atoms with E-state index < -0.39 is 0 Å². The molecule has 1 fully saturated rings. The van der Waals surface area contributed by atoms with Crippen LogP contribution in [-0.4, -0.2) is 35.5 Å². The van der Waals surface area contributed by atoms with Gasteiger partial charge in [-0.1, -0.05) is 18.2 Å². The highest BCUT2D eigenvalue weighted by Gasteiger charge is 2.31. The molecule has 0 radical (unpaired) electrons. The molecule has 2 aliphatic heterocycles. The lowest BCUT2D eigenvalue weighted by atomic mass is 10.1. The molecule has 0 aliphatic carbocycles. The second-order valence-corrected chi connectivity index (χ2v) is 8.01. The van der Waals surface area contributed by atoms with E-state index in [1.807, 2.05) is 47.4 Å². The molecule has 3 aromatic rings. The van der Waals surface area contributed by atoms with E-state index >= 15 is 0 Å². The van der Waals surface area contributed by atoms with Crippen LogP contribution < -0.4 is 9.47 Å². The first-order valence-electron chi connectivity index (χ1n) is 9.52. The maximum absolute atomic E-state index is 12.9. The average Bonchev–Trinajstić information content (AvgIpc) is 3.38. The van der Waals surface area contributed by atoms with Gasteiger partial charge in [0.1, 0.15) is 18.2 Å². The van der Waals surface area contributed by atoms with E-state index in [0.717, 1.165) is 47.0 Å². The van der Waals surface area contributed by atoms with Gasteiger partial charge in [-0.2, -0.15) is 0 Å². The van der Waals surface area contributed by atoms with E-state index in [0.29, 0.717) is 13.2 Å². The molecule has 142 valence electrons. The average molecular weight is 392 g/mol. The summed E-state index contributed by atoms with van der Waals surface area (Å²) in [6.07, 6.45) is 5.46. The quantitative estimate of drug-likeness (QED) is 0.618. The van der Waals surface area contributed by atoms with Gasteiger partial charge in [0.15, 0.2) is 11.5 Å². The summed E-state index contributed by atoms with van der Waals surface area (Å²) in [5, 5.41) is 1.03. The van der Waals surface area contributed by atoms with Gasteiger partial charge in [0.2, 0.25) is 5.91 Å². The van der Waals surface area contributed by atoms with Crippen molar-refractivity contribution in [2.75, 3.05) is 19.8 Å². The van der Waals surface area contributed by atoms with Crippen molar-refractivity contribution < 1.29 is 14.3 Å². The van der Waals surface area contributed by atoms with E-state index in [9.17, 15) is 4.79 Å². The Kier molecular flexibility index (Phi) is 4.49. The molecular formula is C22H20N2O3S. The number of amides is 1. The van der Waals surface area contributed by atoms with Crippen LogP contribution in [0.3, 0.4) is 0 Å². The summed E-state index contributed by atoms with van der Waals surface area (Å²) < 4.78 is 12.3. The minimum atomic E-state index is 0.0247. The Morgan fingerprint density at radius 2 is 2.00 bits per heavy atom. The van der Waals surface area contributed by atoms with Crippen LogP contribution in [0.5, 0.6) is 11.5 Å². The summed E-state index contributed by atoms with van der Waals surface area (Å²) >= 11 is 1.69. The lowest BCUT2D eigenvalue weighted by Crippen LogP contribution is -2.28. The summed E-state index contributed by atoms with van der Waals surface area (Å²) in [6, 6.07) is 13.9. The monoisotopic (exact) mass is 392 g/mol. The topological polar surface area (TPSA) is 51.7 Å². The first-order chi connectivity index (χ1) is 13.8. The molecule has 1 atom stereocenters. The SMILES string of the molecule is O=C(/C=C/c1ccc2c(c1)OCCO2)N1CCC[C@H]1c1nc2ccccc2s1. The van der Waals surface area contributed by atoms with Crippen LogP contribution in [0.25, 0.3) is 16.3 Å². The number of carbonyl (C=O) groups is 1. The number of ether oxygens (including phenoxy) is 2. The Morgan fingerprint density at radius 1 is 1.14 bits per heavy atom. The van der Waals surface area contributed by atoms with Crippen LogP contribution in [0.2, 0.25) is 0 Å². The molecule has 6 heteroatoms. The summed E-state index contributed by atoms with van der Waals surface area (Å²) in [7, 11) is 0. The fraction of sp³-hybridized carbons (Fsp3) is 0.273. The number of carbonyl (C=O) groups excluding carboxylic acids is 1. The highest BCUT2D eigenvalue weighted by molar-refractivity contribution is 7.18. The number of aromatic nitrogens is 1. The van der Waals surface area contributed by atoms with Crippen LogP contribution in [0.15, 0.2) is 48.5 Å². The first-order valence-corrected chi connectivity index (χ1v) is 10.3. The molecular weight excluding hydrogens is 372 g/mol. The summed E-state index contributed by atoms with van der Waals surface area (Å²) in [6.45, 7) is 1.89. The van der Waals surface area contributed by atoms with Gasteiger partial charge < -0.3 is 14.4 Å². The zero-order chi connectivity index (χ0) is 18.9. The van der Waals surface area contributed by atoms with Gasteiger partial charge in [-0.15, -0.1) is 11.3 Å². The smallest absolute Gasteiger partial charge is 0.247 e. The molecule has 0 saturated carbocycles. The zero-order valence-corrected chi connectivity index (χ0v) is 16.2. The molecule has 28 heavy (non-hydrogen) atoms. The number of rotatable bonds is 3. The van der Waals surface area contributed by atoms with Crippen molar-refractivity contribution in [2.24, 2.45) is 0 Å². The van der Waals surface area contributed by atoms with E-state index in [4.69, 9.17) is 14.5 Å². The summed E-state index contributed by atoms with van der Waals surface area (Å²) in [5.41, 5.74) is 1.93. The van der Waals surface area contributed by atoms with Gasteiger partial charge in [-0.05, 0) is 48.7 Å². The minimum absolute atomic E-state index is 0.0247. The van der Waals surface area contributed by atoms with Crippen LogP contribution in [0.4, 0.5) is 0 Å². The van der Waals surface area contributed by atoms with Crippen LogP contribution in [0, 0.1) is 0 Å². The Hall–Kier alpha value is -2.86. The van der Waals surface area contributed by atoms with E-state index in [2.05, 4.69) is 6.07 Å². The first kappa shape index (κ1) is 17.3. The van der Waals surface area contributed by atoms with E-state index in [1.165, 1.54) is 4.70 Å². The Bertz CT molecular complexity index is 1030. The molecule has 5 nitrogen and oxygen atoms in total. The number of thiazole rings is 1. The number of fused-ring (bicyclic) bond motifs is 2.